The second-order valence-corrected chi connectivity index (χ2v) is 10.0. The molecule has 3 N–H and O–H groups in total. The van der Waals surface area contributed by atoms with Gasteiger partial charge in [0.05, 0.1) is 23.5 Å². The predicted octanol–water partition coefficient (Wildman–Crippen LogP) is 4.43. The summed E-state index contributed by atoms with van der Waals surface area (Å²) in [7, 11) is 0. The minimum absolute atomic E-state index is 0.0881. The molecule has 1 aliphatic rings. The van der Waals surface area contributed by atoms with Gasteiger partial charge in [-0.15, -0.1) is 0 Å². The van der Waals surface area contributed by atoms with Gasteiger partial charge in [0.2, 0.25) is 0 Å². The van der Waals surface area contributed by atoms with E-state index in [2.05, 4.69) is 15.7 Å². The van der Waals surface area contributed by atoms with Crippen LogP contribution in [0.25, 0.3) is 5.69 Å². The van der Waals surface area contributed by atoms with Crippen molar-refractivity contribution in [3.05, 3.63) is 113 Å². The molecule has 2 heterocycles. The lowest BCUT2D eigenvalue weighted by Gasteiger charge is -2.38. The van der Waals surface area contributed by atoms with Crippen LogP contribution in [0.3, 0.4) is 0 Å². The van der Waals surface area contributed by atoms with Crippen LogP contribution in [0.4, 0.5) is 23.4 Å². The smallest absolute Gasteiger partial charge is 0.385 e. The second kappa shape index (κ2) is 12.2. The van der Waals surface area contributed by atoms with E-state index >= 15 is 0 Å². The van der Waals surface area contributed by atoms with Crippen molar-refractivity contribution >= 4 is 17.6 Å². The Balaban J connectivity index is 1.72. The maximum atomic E-state index is 14.2. The quantitative estimate of drug-likeness (QED) is 0.155. The van der Waals surface area contributed by atoms with E-state index < -0.39 is 47.4 Å². The van der Waals surface area contributed by atoms with Crippen LogP contribution in [0, 0.1) is 17.3 Å². The number of likely N-dealkylation sites (N-methyl/N-ethyl adjacent to an activating group) is 1. The Labute approximate surface area is 249 Å². The van der Waals surface area contributed by atoms with Gasteiger partial charge in [0.25, 0.3) is 11.8 Å². The lowest BCUT2D eigenvalue weighted by Crippen LogP contribution is -2.55. The van der Waals surface area contributed by atoms with Crippen LogP contribution in [0.2, 0.25) is 0 Å². The third-order valence-corrected chi connectivity index (χ3v) is 7.33. The molecule has 0 fully saturated rings. The Morgan fingerprint density at radius 1 is 1.09 bits per heavy atom. The van der Waals surface area contributed by atoms with Crippen LogP contribution in [-0.4, -0.2) is 45.8 Å². The number of carbonyl (C=O) groups is 2. The molecule has 2 amide bonds. The third-order valence-electron chi connectivity index (χ3n) is 7.33. The third kappa shape index (κ3) is 5.71. The zero-order chi connectivity index (χ0) is 31.6. The number of anilines is 1. The maximum Gasteiger partial charge on any atom is 0.416 e. The number of hydrogen-bond acceptors (Lipinski definition) is 6. The highest BCUT2D eigenvalue weighted by molar-refractivity contribution is 6.05. The van der Waals surface area contributed by atoms with Gasteiger partial charge < -0.3 is 15.7 Å². The van der Waals surface area contributed by atoms with Crippen molar-refractivity contribution in [2.24, 2.45) is 0 Å². The predicted molar refractivity (Wildman–Crippen MR) is 151 cm³/mol. The van der Waals surface area contributed by atoms with E-state index in [4.69, 9.17) is 5.26 Å². The van der Waals surface area contributed by atoms with Crippen LogP contribution < -0.4 is 15.5 Å². The molecule has 4 aromatic rings. The number of nitrogens with one attached hydrogen (secondary N) is 2. The molecule has 1 aliphatic heterocycles. The van der Waals surface area contributed by atoms with Crippen molar-refractivity contribution in [2.45, 2.75) is 31.2 Å². The maximum absolute atomic E-state index is 14.2. The number of halogens is 4. The van der Waals surface area contributed by atoms with Gasteiger partial charge in [-0.05, 0) is 55.0 Å². The molecule has 0 bridgehead atoms. The number of carbonyl (C=O) groups excluding carboxylic acids is 2. The zero-order valence-corrected chi connectivity index (χ0v) is 23.2. The molecule has 0 radical (unpaired) electrons. The van der Waals surface area contributed by atoms with E-state index in [0.29, 0.717) is 22.9 Å². The number of hydrogen-bond donors (Lipinski definition) is 3. The number of aromatic nitrogens is 2. The standard InChI is InChI=1S/C31H26F4N6O3/c1-2-40-29-25(26(23(42)16-37-17-36)39-41(29)22-9-4-3-5-10-22)24(18-11-13-21(32)14-12-18)27(30(40)44)38-28(43)19-7-6-8-20(15-19)31(33,34)35/h3-15,23-24,27,37,42H,2,16H2,1H3,(H,38,43). The number of fused-ring (bicyclic) bond motifs is 1. The van der Waals surface area contributed by atoms with Crippen molar-refractivity contribution in [1.29, 1.82) is 5.26 Å². The van der Waals surface area contributed by atoms with Gasteiger partial charge in [0, 0.05) is 23.6 Å². The molecule has 226 valence electrons. The highest BCUT2D eigenvalue weighted by Gasteiger charge is 2.47. The summed E-state index contributed by atoms with van der Waals surface area (Å²) in [6, 6.07) is 16.4. The highest BCUT2D eigenvalue weighted by atomic mass is 19.4. The summed E-state index contributed by atoms with van der Waals surface area (Å²) in [5.41, 5.74) is -0.0231. The summed E-state index contributed by atoms with van der Waals surface area (Å²) in [5, 5.41) is 29.9. The summed E-state index contributed by atoms with van der Waals surface area (Å²) in [6.45, 7) is 1.57. The summed E-state index contributed by atoms with van der Waals surface area (Å²) < 4.78 is 55.7. The molecule has 13 heteroatoms. The van der Waals surface area contributed by atoms with Crippen LogP contribution >= 0.6 is 0 Å². The minimum atomic E-state index is -4.70. The Kier molecular flexibility index (Phi) is 8.37. The van der Waals surface area contributed by atoms with Crippen LogP contribution in [0.1, 0.15) is 51.7 Å². The Hall–Kier alpha value is -5.22. The number of benzene rings is 3. The first kappa shape index (κ1) is 30.2. The topological polar surface area (TPSA) is 123 Å². The first-order chi connectivity index (χ1) is 21.0. The molecular formula is C31H26F4N6O3. The highest BCUT2D eigenvalue weighted by Crippen LogP contribution is 2.45. The number of aliphatic hydroxyl groups is 1. The number of aliphatic hydroxyl groups excluding tert-OH is 1. The minimum Gasteiger partial charge on any atom is -0.385 e. The molecule has 9 nitrogen and oxygen atoms in total. The van der Waals surface area contributed by atoms with Crippen molar-refractivity contribution < 1.29 is 32.3 Å². The molecule has 3 aromatic carbocycles. The summed E-state index contributed by atoms with van der Waals surface area (Å²) in [4.78, 5) is 29.0. The van der Waals surface area contributed by atoms with Crippen molar-refractivity contribution in [1.82, 2.24) is 20.4 Å². The number of nitrogens with zero attached hydrogens (tertiary/aromatic N) is 4. The Morgan fingerprint density at radius 2 is 1.80 bits per heavy atom. The first-order valence-corrected chi connectivity index (χ1v) is 13.6. The molecule has 3 unspecified atom stereocenters. The Morgan fingerprint density at radius 3 is 2.43 bits per heavy atom. The molecule has 44 heavy (non-hydrogen) atoms. The average molecular weight is 607 g/mol. The van der Waals surface area contributed by atoms with E-state index in [9.17, 15) is 32.3 Å². The van der Waals surface area contributed by atoms with E-state index in [0.717, 1.165) is 12.1 Å². The van der Waals surface area contributed by atoms with Gasteiger partial charge in [-0.3, -0.25) is 14.5 Å². The SMILES string of the molecule is CCN1C(=O)C(NC(=O)c2cccc(C(F)(F)F)c2)C(c2ccc(F)cc2)c2c(C(O)CNC#N)nn(-c3ccccc3)c21. The molecule has 0 saturated carbocycles. The van der Waals surface area contributed by atoms with E-state index in [1.165, 1.54) is 39.9 Å². The van der Waals surface area contributed by atoms with E-state index in [-0.39, 0.29) is 30.2 Å². The van der Waals surface area contributed by atoms with Gasteiger partial charge in [0.1, 0.15) is 23.8 Å². The molecule has 3 atom stereocenters. The molecule has 0 spiro atoms. The summed E-state index contributed by atoms with van der Waals surface area (Å²) >= 11 is 0. The molecule has 0 saturated heterocycles. The van der Waals surface area contributed by atoms with Gasteiger partial charge >= 0.3 is 6.18 Å². The summed E-state index contributed by atoms with van der Waals surface area (Å²) in [5.74, 6) is -2.87. The summed E-state index contributed by atoms with van der Waals surface area (Å²) in [6.07, 6.45) is -4.31. The number of para-hydroxylation sites is 1. The van der Waals surface area contributed by atoms with Crippen LogP contribution in [0.5, 0.6) is 0 Å². The van der Waals surface area contributed by atoms with Crippen molar-refractivity contribution in [3.63, 3.8) is 0 Å². The number of amides is 2. The van der Waals surface area contributed by atoms with Crippen LogP contribution in [0.15, 0.2) is 78.9 Å². The Bertz CT molecular complexity index is 1720. The van der Waals surface area contributed by atoms with Gasteiger partial charge in [-0.25, -0.2) is 9.07 Å². The number of rotatable bonds is 8. The average Bonchev–Trinajstić information content (AvgIpc) is 3.41. The first-order valence-electron chi connectivity index (χ1n) is 13.6. The van der Waals surface area contributed by atoms with Gasteiger partial charge in [-0.2, -0.15) is 23.5 Å². The fraction of sp³-hybridized carbons (Fsp3) is 0.226. The van der Waals surface area contributed by atoms with Crippen molar-refractivity contribution in [2.75, 3.05) is 18.0 Å². The monoisotopic (exact) mass is 606 g/mol. The van der Waals surface area contributed by atoms with Crippen molar-refractivity contribution in [3.8, 4) is 11.9 Å². The molecule has 0 aliphatic carbocycles. The van der Waals surface area contributed by atoms with Gasteiger partial charge in [0.15, 0.2) is 6.19 Å². The molecule has 1 aromatic heterocycles. The lowest BCUT2D eigenvalue weighted by molar-refractivity contribution is -0.137. The number of alkyl halides is 3. The van der Waals surface area contributed by atoms with E-state index in [1.54, 1.807) is 43.4 Å². The lowest BCUT2D eigenvalue weighted by atomic mass is 9.80. The second-order valence-electron chi connectivity index (χ2n) is 10.0. The normalized spacial score (nSPS) is 17.0. The van der Waals surface area contributed by atoms with E-state index in [1.807, 2.05) is 0 Å². The fourth-order valence-corrected chi connectivity index (χ4v) is 5.35. The fourth-order valence-electron chi connectivity index (χ4n) is 5.35. The largest absolute Gasteiger partial charge is 0.416 e. The molecular weight excluding hydrogens is 580 g/mol. The van der Waals surface area contributed by atoms with Gasteiger partial charge in [-0.1, -0.05) is 36.4 Å². The zero-order valence-electron chi connectivity index (χ0n) is 23.2. The number of nitriles is 1. The van der Waals surface area contributed by atoms with Crippen LogP contribution in [-0.2, 0) is 11.0 Å². The molecule has 5 rings (SSSR count).